The van der Waals surface area contributed by atoms with Crippen LogP contribution < -0.4 is 4.74 Å². The summed E-state index contributed by atoms with van der Waals surface area (Å²) in [6.07, 6.45) is -0.815. The van der Waals surface area contributed by atoms with Gasteiger partial charge >= 0.3 is 0 Å². The summed E-state index contributed by atoms with van der Waals surface area (Å²) in [7, 11) is 0. The van der Waals surface area contributed by atoms with Crippen LogP contribution in [0.4, 0.5) is 0 Å². The van der Waals surface area contributed by atoms with Crippen molar-refractivity contribution in [1.29, 1.82) is 0 Å². The van der Waals surface area contributed by atoms with Crippen molar-refractivity contribution >= 4 is 0 Å². The monoisotopic (exact) mass is 167 g/mol. The lowest BCUT2D eigenvalue weighted by atomic mass is 10.3. The van der Waals surface area contributed by atoms with Crippen molar-refractivity contribution in [3.8, 4) is 5.75 Å². The topological polar surface area (TPSA) is 49.7 Å². The average Bonchev–Trinajstić information content (AvgIpc) is 2.16. The van der Waals surface area contributed by atoms with Crippen LogP contribution in [0.3, 0.4) is 0 Å². The van der Waals surface area contributed by atoms with Gasteiger partial charge in [-0.25, -0.2) is 0 Å². The number of hydrogen-bond donors (Lipinski definition) is 2. The molecule has 1 atom stereocenters. The van der Waals surface area contributed by atoms with Crippen LogP contribution in [0.5, 0.6) is 5.75 Å². The normalized spacial score (nSPS) is 12.5. The van der Waals surface area contributed by atoms with E-state index in [0.29, 0.717) is 5.75 Å². The minimum absolute atomic E-state index is 0.106. The molecule has 0 aliphatic carbocycles. The van der Waals surface area contributed by atoms with Crippen LogP contribution in [0.25, 0.3) is 0 Å². The Morgan fingerprint density at radius 1 is 1.58 bits per heavy atom. The van der Waals surface area contributed by atoms with E-state index < -0.39 is 6.10 Å². The summed E-state index contributed by atoms with van der Waals surface area (Å²) in [6.45, 7) is -0.176. The molecule has 3 heteroatoms. The molecule has 0 aliphatic heterocycles. The molecule has 0 spiro atoms. The summed E-state index contributed by atoms with van der Waals surface area (Å²) in [5.74, 6) is 0.644. The van der Waals surface area contributed by atoms with Gasteiger partial charge in [0.25, 0.3) is 0 Å². The summed E-state index contributed by atoms with van der Waals surface area (Å²) in [6, 6.07) is 9.82. The second-order valence-electron chi connectivity index (χ2n) is 2.39. The highest BCUT2D eigenvalue weighted by Gasteiger charge is 2.01. The summed E-state index contributed by atoms with van der Waals surface area (Å²) < 4.78 is 5.12. The van der Waals surface area contributed by atoms with Crippen molar-refractivity contribution in [2.45, 2.75) is 6.10 Å². The molecule has 1 rings (SSSR count). The summed E-state index contributed by atoms with van der Waals surface area (Å²) >= 11 is 0. The van der Waals surface area contributed by atoms with Crippen molar-refractivity contribution in [1.82, 2.24) is 0 Å². The molecule has 12 heavy (non-hydrogen) atoms. The summed E-state index contributed by atoms with van der Waals surface area (Å²) in [4.78, 5) is 0. The van der Waals surface area contributed by atoms with E-state index in [1.54, 1.807) is 24.3 Å². The SMILES string of the molecule is OC[C@@H](O)COc1c[c]ccc1. The molecule has 1 radical (unpaired) electrons. The highest BCUT2D eigenvalue weighted by atomic mass is 16.5. The van der Waals surface area contributed by atoms with Crippen LogP contribution in [0.15, 0.2) is 24.3 Å². The molecule has 0 amide bonds. The van der Waals surface area contributed by atoms with Gasteiger partial charge in [0.15, 0.2) is 0 Å². The quantitative estimate of drug-likeness (QED) is 0.674. The van der Waals surface area contributed by atoms with Gasteiger partial charge in [-0.05, 0) is 18.2 Å². The van der Waals surface area contributed by atoms with Crippen molar-refractivity contribution in [2.75, 3.05) is 13.2 Å². The molecule has 0 aromatic heterocycles. The third-order valence-electron chi connectivity index (χ3n) is 1.33. The predicted molar refractivity (Wildman–Crippen MR) is 43.9 cm³/mol. The third-order valence-corrected chi connectivity index (χ3v) is 1.33. The number of aliphatic hydroxyl groups excluding tert-OH is 2. The average molecular weight is 167 g/mol. The zero-order valence-electron chi connectivity index (χ0n) is 6.60. The fraction of sp³-hybridized carbons (Fsp3) is 0.333. The predicted octanol–water partition coefficient (Wildman–Crippen LogP) is 0.219. The number of benzene rings is 1. The Balaban J connectivity index is 2.33. The first-order valence-electron chi connectivity index (χ1n) is 3.71. The van der Waals surface area contributed by atoms with E-state index in [9.17, 15) is 0 Å². The maximum atomic E-state index is 8.93. The first-order valence-corrected chi connectivity index (χ1v) is 3.71. The Bertz CT molecular complexity index is 210. The van der Waals surface area contributed by atoms with Crippen LogP contribution in [0.2, 0.25) is 0 Å². The minimum Gasteiger partial charge on any atom is -0.491 e. The van der Waals surface area contributed by atoms with E-state index >= 15 is 0 Å². The first-order chi connectivity index (χ1) is 5.83. The lowest BCUT2D eigenvalue weighted by Gasteiger charge is -2.08. The minimum atomic E-state index is -0.815. The molecular formula is C9H11O3. The molecule has 2 N–H and O–H groups in total. The van der Waals surface area contributed by atoms with Crippen molar-refractivity contribution in [2.24, 2.45) is 0 Å². The molecule has 0 heterocycles. The van der Waals surface area contributed by atoms with E-state index in [-0.39, 0.29) is 13.2 Å². The van der Waals surface area contributed by atoms with Gasteiger partial charge in [-0.2, -0.15) is 0 Å². The van der Waals surface area contributed by atoms with E-state index in [0.717, 1.165) is 0 Å². The smallest absolute Gasteiger partial charge is 0.120 e. The Labute approximate surface area is 71.2 Å². The van der Waals surface area contributed by atoms with Gasteiger partial charge < -0.3 is 14.9 Å². The lowest BCUT2D eigenvalue weighted by Crippen LogP contribution is -2.21. The van der Waals surface area contributed by atoms with Crippen molar-refractivity contribution in [3.05, 3.63) is 30.3 Å². The Morgan fingerprint density at radius 2 is 2.42 bits per heavy atom. The van der Waals surface area contributed by atoms with Crippen LogP contribution in [-0.4, -0.2) is 29.5 Å². The van der Waals surface area contributed by atoms with Gasteiger partial charge in [0.05, 0.1) is 6.61 Å². The molecule has 0 unspecified atom stereocenters. The number of hydrogen-bond acceptors (Lipinski definition) is 3. The lowest BCUT2D eigenvalue weighted by molar-refractivity contribution is 0.0536. The fourth-order valence-electron chi connectivity index (χ4n) is 0.712. The number of rotatable bonds is 4. The van der Waals surface area contributed by atoms with Gasteiger partial charge in [0.1, 0.15) is 18.5 Å². The summed E-state index contributed by atoms with van der Waals surface area (Å²) in [5.41, 5.74) is 0. The van der Waals surface area contributed by atoms with Gasteiger partial charge in [0.2, 0.25) is 0 Å². The van der Waals surface area contributed by atoms with Gasteiger partial charge in [-0.3, -0.25) is 0 Å². The first kappa shape index (κ1) is 9.03. The molecule has 1 aromatic rings. The Kier molecular flexibility index (Phi) is 3.57. The molecule has 0 fully saturated rings. The Hall–Kier alpha value is -1.06. The van der Waals surface area contributed by atoms with Crippen molar-refractivity contribution < 1.29 is 14.9 Å². The third kappa shape index (κ3) is 2.90. The second-order valence-corrected chi connectivity index (χ2v) is 2.39. The molecule has 65 valence electrons. The molecule has 0 saturated carbocycles. The molecule has 0 aliphatic rings. The number of ether oxygens (including phenoxy) is 1. The standard InChI is InChI=1S/C9H11O3/c10-6-8(11)7-12-9-4-2-1-3-5-9/h1-2,4-5,8,10-11H,6-7H2/t8-/m1/s1. The van der Waals surface area contributed by atoms with E-state index in [1.165, 1.54) is 0 Å². The second kappa shape index (κ2) is 4.74. The van der Waals surface area contributed by atoms with Crippen LogP contribution in [0.1, 0.15) is 0 Å². The van der Waals surface area contributed by atoms with Crippen LogP contribution in [-0.2, 0) is 0 Å². The van der Waals surface area contributed by atoms with Crippen LogP contribution >= 0.6 is 0 Å². The summed E-state index contributed by atoms with van der Waals surface area (Å²) in [5, 5.41) is 17.4. The van der Waals surface area contributed by atoms with Gasteiger partial charge in [-0.15, -0.1) is 0 Å². The van der Waals surface area contributed by atoms with E-state index in [1.807, 2.05) is 0 Å². The zero-order chi connectivity index (χ0) is 8.81. The van der Waals surface area contributed by atoms with E-state index in [4.69, 9.17) is 14.9 Å². The maximum Gasteiger partial charge on any atom is 0.120 e. The molecule has 0 saturated heterocycles. The highest BCUT2D eigenvalue weighted by Crippen LogP contribution is 2.07. The highest BCUT2D eigenvalue weighted by molar-refractivity contribution is 5.19. The Morgan fingerprint density at radius 3 is 3.00 bits per heavy atom. The largest absolute Gasteiger partial charge is 0.491 e. The van der Waals surface area contributed by atoms with E-state index in [2.05, 4.69) is 6.07 Å². The zero-order valence-corrected chi connectivity index (χ0v) is 6.60. The van der Waals surface area contributed by atoms with Crippen LogP contribution in [0, 0.1) is 6.07 Å². The van der Waals surface area contributed by atoms with Gasteiger partial charge in [-0.1, -0.05) is 12.1 Å². The molecule has 0 bridgehead atoms. The molecule has 3 nitrogen and oxygen atoms in total. The molecule has 1 aromatic carbocycles. The molecular weight excluding hydrogens is 156 g/mol. The van der Waals surface area contributed by atoms with Gasteiger partial charge in [0, 0.05) is 0 Å². The maximum absolute atomic E-state index is 8.93. The fourth-order valence-corrected chi connectivity index (χ4v) is 0.712. The van der Waals surface area contributed by atoms with Crippen molar-refractivity contribution in [3.63, 3.8) is 0 Å². The number of aliphatic hydroxyl groups is 2.